The molecule has 0 aliphatic carbocycles. The molecule has 7 nitrogen and oxygen atoms in total. The SMILES string of the molecule is COc1ccc(-c2cc(-c3ccccc3)nc3nc(NC(C)=O)nn23)cc1. The molecule has 27 heavy (non-hydrogen) atoms. The number of hydrogen-bond donors (Lipinski definition) is 1. The molecule has 2 heterocycles. The molecule has 0 radical (unpaired) electrons. The maximum absolute atomic E-state index is 11.4. The van der Waals surface area contributed by atoms with Gasteiger partial charge >= 0.3 is 0 Å². The highest BCUT2D eigenvalue weighted by molar-refractivity contribution is 5.87. The second-order valence-electron chi connectivity index (χ2n) is 5.95. The van der Waals surface area contributed by atoms with Crippen LogP contribution >= 0.6 is 0 Å². The number of methoxy groups -OCH3 is 1. The van der Waals surface area contributed by atoms with E-state index >= 15 is 0 Å². The zero-order chi connectivity index (χ0) is 18.8. The Labute approximate surface area is 155 Å². The summed E-state index contributed by atoms with van der Waals surface area (Å²) in [5.41, 5.74) is 3.49. The Morgan fingerprint density at radius 3 is 2.41 bits per heavy atom. The Hall–Kier alpha value is -3.74. The van der Waals surface area contributed by atoms with Crippen LogP contribution < -0.4 is 10.1 Å². The fourth-order valence-electron chi connectivity index (χ4n) is 2.80. The largest absolute Gasteiger partial charge is 0.497 e. The van der Waals surface area contributed by atoms with E-state index in [9.17, 15) is 4.79 Å². The molecule has 0 unspecified atom stereocenters. The van der Waals surface area contributed by atoms with Crippen molar-refractivity contribution in [2.75, 3.05) is 12.4 Å². The Morgan fingerprint density at radius 1 is 1.00 bits per heavy atom. The molecule has 0 aliphatic heterocycles. The van der Waals surface area contributed by atoms with E-state index in [1.165, 1.54) is 6.92 Å². The molecule has 7 heteroatoms. The molecule has 0 atom stereocenters. The van der Waals surface area contributed by atoms with Crippen LogP contribution in [0, 0.1) is 0 Å². The summed E-state index contributed by atoms with van der Waals surface area (Å²) < 4.78 is 6.86. The number of carbonyl (C=O) groups excluding carboxylic acids is 1. The van der Waals surface area contributed by atoms with Crippen molar-refractivity contribution in [1.82, 2.24) is 19.6 Å². The van der Waals surface area contributed by atoms with Crippen LogP contribution in [0.3, 0.4) is 0 Å². The van der Waals surface area contributed by atoms with E-state index in [4.69, 9.17) is 4.74 Å². The Kier molecular flexibility index (Phi) is 4.25. The first-order valence-electron chi connectivity index (χ1n) is 8.39. The van der Waals surface area contributed by atoms with E-state index in [-0.39, 0.29) is 11.9 Å². The number of hydrogen-bond acceptors (Lipinski definition) is 5. The smallest absolute Gasteiger partial charge is 0.255 e. The second-order valence-corrected chi connectivity index (χ2v) is 5.95. The van der Waals surface area contributed by atoms with E-state index in [0.29, 0.717) is 5.78 Å². The molecule has 1 N–H and O–H groups in total. The summed E-state index contributed by atoms with van der Waals surface area (Å²) in [4.78, 5) is 20.3. The quantitative estimate of drug-likeness (QED) is 0.604. The fraction of sp³-hybridized carbons (Fsp3) is 0.100. The van der Waals surface area contributed by atoms with Crippen molar-refractivity contribution < 1.29 is 9.53 Å². The summed E-state index contributed by atoms with van der Waals surface area (Å²) in [5.74, 6) is 1.16. The van der Waals surface area contributed by atoms with Crippen molar-refractivity contribution >= 4 is 17.6 Å². The van der Waals surface area contributed by atoms with Crippen LogP contribution in [0.25, 0.3) is 28.3 Å². The maximum atomic E-state index is 11.4. The molecule has 0 saturated carbocycles. The first-order valence-corrected chi connectivity index (χ1v) is 8.39. The van der Waals surface area contributed by atoms with Crippen LogP contribution in [0.1, 0.15) is 6.92 Å². The van der Waals surface area contributed by atoms with Gasteiger partial charge in [-0.1, -0.05) is 30.3 Å². The monoisotopic (exact) mass is 359 g/mol. The molecule has 0 saturated heterocycles. The minimum Gasteiger partial charge on any atom is -0.497 e. The summed E-state index contributed by atoms with van der Waals surface area (Å²) in [6.07, 6.45) is 0. The Morgan fingerprint density at radius 2 is 1.74 bits per heavy atom. The van der Waals surface area contributed by atoms with Crippen molar-refractivity contribution in [1.29, 1.82) is 0 Å². The van der Waals surface area contributed by atoms with E-state index in [1.807, 2.05) is 60.7 Å². The molecule has 2 aromatic carbocycles. The van der Waals surface area contributed by atoms with Crippen molar-refractivity contribution in [3.8, 4) is 28.3 Å². The van der Waals surface area contributed by atoms with Gasteiger partial charge in [-0.2, -0.15) is 9.50 Å². The van der Waals surface area contributed by atoms with Gasteiger partial charge in [-0.25, -0.2) is 4.98 Å². The molecule has 0 aliphatic rings. The number of benzene rings is 2. The standard InChI is InChI=1S/C20H17N5O2/c1-13(26)21-19-23-20-22-17(14-6-4-3-5-7-14)12-18(25(20)24-19)15-8-10-16(27-2)11-9-15/h3-12H,1-2H3,(H,21,24,26). The van der Waals surface area contributed by atoms with Gasteiger partial charge in [0.2, 0.25) is 5.91 Å². The van der Waals surface area contributed by atoms with Gasteiger partial charge in [-0.3, -0.25) is 10.1 Å². The first kappa shape index (κ1) is 16.7. The van der Waals surface area contributed by atoms with Crippen LogP contribution in [-0.4, -0.2) is 32.6 Å². The highest BCUT2D eigenvalue weighted by Gasteiger charge is 2.14. The third-order valence-electron chi connectivity index (χ3n) is 4.06. The van der Waals surface area contributed by atoms with Crippen molar-refractivity contribution in [3.63, 3.8) is 0 Å². The van der Waals surface area contributed by atoms with Crippen molar-refractivity contribution in [2.45, 2.75) is 6.92 Å². The summed E-state index contributed by atoms with van der Waals surface area (Å²) in [7, 11) is 1.63. The lowest BCUT2D eigenvalue weighted by molar-refractivity contribution is -0.114. The second kappa shape index (κ2) is 6.87. The van der Waals surface area contributed by atoms with Gasteiger partial charge in [0, 0.05) is 18.1 Å². The molecule has 4 aromatic rings. The number of rotatable bonds is 4. The molecule has 0 bridgehead atoms. The van der Waals surface area contributed by atoms with Gasteiger partial charge in [0.05, 0.1) is 18.5 Å². The van der Waals surface area contributed by atoms with E-state index in [0.717, 1.165) is 28.3 Å². The Balaban J connectivity index is 1.92. The number of anilines is 1. The zero-order valence-corrected chi connectivity index (χ0v) is 14.9. The fourth-order valence-corrected chi connectivity index (χ4v) is 2.80. The van der Waals surface area contributed by atoms with Crippen LogP contribution in [0.5, 0.6) is 5.75 Å². The van der Waals surface area contributed by atoms with E-state index < -0.39 is 0 Å². The van der Waals surface area contributed by atoms with Gasteiger partial charge in [0.15, 0.2) is 0 Å². The molecule has 2 aromatic heterocycles. The highest BCUT2D eigenvalue weighted by atomic mass is 16.5. The van der Waals surface area contributed by atoms with Gasteiger partial charge in [-0.05, 0) is 30.3 Å². The molecule has 4 rings (SSSR count). The average Bonchev–Trinajstić information content (AvgIpc) is 3.09. The lowest BCUT2D eigenvalue weighted by Gasteiger charge is -2.08. The number of amides is 1. The molecule has 0 fully saturated rings. The van der Waals surface area contributed by atoms with Crippen LogP contribution in [0.2, 0.25) is 0 Å². The molecule has 134 valence electrons. The predicted octanol–water partition coefficient (Wildman–Crippen LogP) is 3.43. The van der Waals surface area contributed by atoms with Crippen LogP contribution in [0.4, 0.5) is 5.95 Å². The third kappa shape index (κ3) is 3.35. The van der Waals surface area contributed by atoms with Gasteiger partial charge in [-0.15, -0.1) is 5.10 Å². The van der Waals surface area contributed by atoms with Crippen LogP contribution in [-0.2, 0) is 4.79 Å². The van der Waals surface area contributed by atoms with Crippen molar-refractivity contribution in [3.05, 3.63) is 60.7 Å². The average molecular weight is 359 g/mol. The minimum atomic E-state index is -0.236. The first-order chi connectivity index (χ1) is 13.1. The molecular formula is C20H17N5O2. The third-order valence-corrected chi connectivity index (χ3v) is 4.06. The van der Waals surface area contributed by atoms with Gasteiger partial charge < -0.3 is 4.74 Å². The van der Waals surface area contributed by atoms with Gasteiger partial charge in [0.25, 0.3) is 11.7 Å². The molecule has 1 amide bonds. The number of aromatic nitrogens is 4. The lowest BCUT2D eigenvalue weighted by Crippen LogP contribution is -2.07. The topological polar surface area (TPSA) is 81.4 Å². The summed E-state index contributed by atoms with van der Waals surface area (Å²) in [6, 6.07) is 19.5. The normalized spacial score (nSPS) is 10.7. The predicted molar refractivity (Wildman–Crippen MR) is 103 cm³/mol. The number of fused-ring (bicyclic) bond motifs is 1. The lowest BCUT2D eigenvalue weighted by atomic mass is 10.1. The molecular weight excluding hydrogens is 342 g/mol. The summed E-state index contributed by atoms with van der Waals surface area (Å²) >= 11 is 0. The number of ether oxygens (including phenoxy) is 1. The summed E-state index contributed by atoms with van der Waals surface area (Å²) in [5, 5.41) is 6.99. The van der Waals surface area contributed by atoms with Crippen molar-refractivity contribution in [2.24, 2.45) is 0 Å². The Bertz CT molecular complexity index is 1100. The minimum absolute atomic E-state index is 0.218. The summed E-state index contributed by atoms with van der Waals surface area (Å²) in [6.45, 7) is 1.42. The number of nitrogens with one attached hydrogen (secondary N) is 1. The van der Waals surface area contributed by atoms with E-state index in [1.54, 1.807) is 11.6 Å². The highest BCUT2D eigenvalue weighted by Crippen LogP contribution is 2.27. The van der Waals surface area contributed by atoms with Gasteiger partial charge in [0.1, 0.15) is 5.75 Å². The zero-order valence-electron chi connectivity index (χ0n) is 14.9. The number of nitrogens with zero attached hydrogens (tertiary/aromatic N) is 4. The van der Waals surface area contributed by atoms with E-state index in [2.05, 4.69) is 20.4 Å². The van der Waals surface area contributed by atoms with Crippen LogP contribution in [0.15, 0.2) is 60.7 Å². The molecule has 0 spiro atoms. The maximum Gasteiger partial charge on any atom is 0.255 e. The number of carbonyl (C=O) groups is 1.